The molecule has 1 heterocycles. The van der Waals surface area contributed by atoms with Gasteiger partial charge >= 0.3 is 6.18 Å². The number of carbonyl (C=O) groups is 1. The first-order chi connectivity index (χ1) is 8.11. The third-order valence-corrected chi connectivity index (χ3v) is 3.22. The van der Waals surface area contributed by atoms with Crippen LogP contribution in [0.3, 0.4) is 0 Å². The predicted molar refractivity (Wildman–Crippen MR) is 63.5 cm³/mol. The van der Waals surface area contributed by atoms with Gasteiger partial charge in [0.05, 0.1) is 5.69 Å². The van der Waals surface area contributed by atoms with Gasteiger partial charge in [0.15, 0.2) is 5.13 Å². The number of alkyl halides is 3. The standard InChI is InChI=1S/C10H14F3N3OS/c1-5(2)16(4-10(11,12)13)8(17)7-6(3)15-9(14)18-7/h5H,4H2,1-3H3,(H2,14,15). The number of halogens is 3. The fourth-order valence-electron chi connectivity index (χ4n) is 1.43. The molecule has 0 spiro atoms. The molecule has 1 amide bonds. The highest BCUT2D eigenvalue weighted by Gasteiger charge is 2.35. The number of hydrogen-bond donors (Lipinski definition) is 1. The normalized spacial score (nSPS) is 11.9. The van der Waals surface area contributed by atoms with E-state index in [-0.39, 0.29) is 10.0 Å². The van der Waals surface area contributed by atoms with E-state index in [0.717, 1.165) is 16.2 Å². The molecular formula is C10H14F3N3OS. The van der Waals surface area contributed by atoms with Crippen molar-refractivity contribution in [2.45, 2.75) is 33.0 Å². The Morgan fingerprint density at radius 1 is 1.50 bits per heavy atom. The van der Waals surface area contributed by atoms with Crippen LogP contribution >= 0.6 is 11.3 Å². The van der Waals surface area contributed by atoms with Gasteiger partial charge in [0.25, 0.3) is 5.91 Å². The monoisotopic (exact) mass is 281 g/mol. The quantitative estimate of drug-likeness (QED) is 0.925. The number of nitrogen functional groups attached to an aromatic ring is 1. The van der Waals surface area contributed by atoms with Crippen LogP contribution in [0.5, 0.6) is 0 Å². The minimum absolute atomic E-state index is 0.158. The summed E-state index contributed by atoms with van der Waals surface area (Å²) in [5.74, 6) is -0.686. The zero-order chi connectivity index (χ0) is 14.1. The number of hydrogen-bond acceptors (Lipinski definition) is 4. The Bertz CT molecular complexity index is 442. The Balaban J connectivity index is 3.00. The summed E-state index contributed by atoms with van der Waals surface area (Å²) in [5, 5.41) is 0.173. The number of nitrogens with two attached hydrogens (primary N) is 1. The van der Waals surface area contributed by atoms with Crippen LogP contribution in [0.2, 0.25) is 0 Å². The second-order valence-corrected chi connectivity index (χ2v) is 5.14. The van der Waals surface area contributed by atoms with E-state index in [1.54, 1.807) is 6.92 Å². The molecule has 0 aliphatic carbocycles. The minimum atomic E-state index is -4.43. The van der Waals surface area contributed by atoms with Gasteiger partial charge in [-0.05, 0) is 20.8 Å². The van der Waals surface area contributed by atoms with Gasteiger partial charge in [0.1, 0.15) is 11.4 Å². The summed E-state index contributed by atoms with van der Waals surface area (Å²) in [7, 11) is 0. The molecule has 1 aromatic heterocycles. The third kappa shape index (κ3) is 3.59. The van der Waals surface area contributed by atoms with Crippen molar-refractivity contribution in [1.82, 2.24) is 9.88 Å². The number of nitrogens with zero attached hydrogens (tertiary/aromatic N) is 2. The van der Waals surface area contributed by atoms with Crippen molar-refractivity contribution in [3.63, 3.8) is 0 Å². The van der Waals surface area contributed by atoms with E-state index in [1.165, 1.54) is 13.8 Å². The second kappa shape index (κ2) is 5.13. The molecule has 1 aromatic rings. The smallest absolute Gasteiger partial charge is 0.375 e. The number of thiazole rings is 1. The lowest BCUT2D eigenvalue weighted by Crippen LogP contribution is -2.43. The summed E-state index contributed by atoms with van der Waals surface area (Å²) >= 11 is 0.902. The molecule has 1 rings (SSSR count). The van der Waals surface area contributed by atoms with E-state index < -0.39 is 24.7 Å². The molecule has 102 valence electrons. The van der Waals surface area contributed by atoms with Gasteiger partial charge in [-0.15, -0.1) is 0 Å². The van der Waals surface area contributed by atoms with Gasteiger partial charge in [0, 0.05) is 6.04 Å². The largest absolute Gasteiger partial charge is 0.406 e. The zero-order valence-electron chi connectivity index (χ0n) is 10.2. The predicted octanol–water partition coefficient (Wildman–Crippen LogP) is 2.45. The topological polar surface area (TPSA) is 59.2 Å². The first-order valence-corrected chi connectivity index (χ1v) is 6.04. The Hall–Kier alpha value is -1.31. The number of carbonyl (C=O) groups excluding carboxylic acids is 1. The molecular weight excluding hydrogens is 267 g/mol. The highest BCUT2D eigenvalue weighted by molar-refractivity contribution is 7.17. The Kier molecular flexibility index (Phi) is 4.20. The molecule has 0 fully saturated rings. The van der Waals surface area contributed by atoms with Crippen LogP contribution in [-0.4, -0.2) is 34.6 Å². The van der Waals surface area contributed by atoms with Crippen LogP contribution in [0.4, 0.5) is 18.3 Å². The van der Waals surface area contributed by atoms with Crippen molar-refractivity contribution in [3.8, 4) is 0 Å². The van der Waals surface area contributed by atoms with E-state index in [1.807, 2.05) is 0 Å². The molecule has 0 unspecified atom stereocenters. The second-order valence-electron chi connectivity index (χ2n) is 4.11. The summed E-state index contributed by atoms with van der Waals surface area (Å²) < 4.78 is 37.3. The van der Waals surface area contributed by atoms with Crippen molar-refractivity contribution in [2.75, 3.05) is 12.3 Å². The van der Waals surface area contributed by atoms with Gasteiger partial charge in [-0.1, -0.05) is 11.3 Å². The maximum Gasteiger partial charge on any atom is 0.406 e. The van der Waals surface area contributed by atoms with Crippen molar-refractivity contribution in [1.29, 1.82) is 0 Å². The van der Waals surface area contributed by atoms with Crippen LogP contribution in [0.15, 0.2) is 0 Å². The summed E-state index contributed by atoms with van der Waals surface area (Å²) in [6, 6.07) is -0.554. The van der Waals surface area contributed by atoms with Gasteiger partial charge in [-0.2, -0.15) is 13.2 Å². The first-order valence-electron chi connectivity index (χ1n) is 5.22. The molecule has 0 aliphatic rings. The molecule has 2 N–H and O–H groups in total. The van der Waals surface area contributed by atoms with Gasteiger partial charge in [0.2, 0.25) is 0 Å². The molecule has 4 nitrogen and oxygen atoms in total. The van der Waals surface area contributed by atoms with E-state index in [9.17, 15) is 18.0 Å². The number of anilines is 1. The van der Waals surface area contributed by atoms with E-state index >= 15 is 0 Å². The lowest BCUT2D eigenvalue weighted by molar-refractivity contribution is -0.143. The maximum absolute atomic E-state index is 12.4. The number of rotatable bonds is 3. The molecule has 18 heavy (non-hydrogen) atoms. The molecule has 8 heteroatoms. The van der Waals surface area contributed by atoms with Crippen molar-refractivity contribution < 1.29 is 18.0 Å². The highest BCUT2D eigenvalue weighted by Crippen LogP contribution is 2.25. The zero-order valence-corrected chi connectivity index (χ0v) is 11.0. The van der Waals surface area contributed by atoms with E-state index in [0.29, 0.717) is 5.69 Å². The van der Waals surface area contributed by atoms with Crippen molar-refractivity contribution in [3.05, 3.63) is 10.6 Å². The van der Waals surface area contributed by atoms with Crippen LogP contribution in [0.1, 0.15) is 29.2 Å². The first kappa shape index (κ1) is 14.7. The summed E-state index contributed by atoms with van der Waals surface area (Å²) in [6.45, 7) is 3.33. The van der Waals surface area contributed by atoms with E-state index in [4.69, 9.17) is 5.73 Å². The van der Waals surface area contributed by atoms with Crippen LogP contribution in [-0.2, 0) is 0 Å². The molecule has 0 radical (unpaired) electrons. The fourth-order valence-corrected chi connectivity index (χ4v) is 2.22. The molecule has 0 atom stereocenters. The van der Waals surface area contributed by atoms with E-state index in [2.05, 4.69) is 4.98 Å². The summed E-state index contributed by atoms with van der Waals surface area (Å²) in [6.07, 6.45) is -4.43. The van der Waals surface area contributed by atoms with Gasteiger partial charge in [-0.25, -0.2) is 4.98 Å². The van der Waals surface area contributed by atoms with Crippen molar-refractivity contribution >= 4 is 22.4 Å². The maximum atomic E-state index is 12.4. The minimum Gasteiger partial charge on any atom is -0.375 e. The summed E-state index contributed by atoms with van der Waals surface area (Å²) in [5.41, 5.74) is 5.79. The molecule has 0 aliphatic heterocycles. The molecule has 0 saturated heterocycles. The average Bonchev–Trinajstić information content (AvgIpc) is 2.51. The highest BCUT2D eigenvalue weighted by atomic mass is 32.1. The lowest BCUT2D eigenvalue weighted by atomic mass is 10.2. The molecule has 0 aromatic carbocycles. The SMILES string of the molecule is Cc1nc(N)sc1C(=O)N(CC(F)(F)F)C(C)C. The average molecular weight is 281 g/mol. The Morgan fingerprint density at radius 3 is 2.39 bits per heavy atom. The van der Waals surface area contributed by atoms with Crippen LogP contribution in [0, 0.1) is 6.92 Å². The molecule has 0 bridgehead atoms. The Morgan fingerprint density at radius 2 is 2.06 bits per heavy atom. The number of aromatic nitrogens is 1. The summed E-state index contributed by atoms with van der Waals surface area (Å²) in [4.78, 5) is 16.8. The third-order valence-electron chi connectivity index (χ3n) is 2.24. The van der Waals surface area contributed by atoms with Gasteiger partial charge < -0.3 is 10.6 Å². The lowest BCUT2D eigenvalue weighted by Gasteiger charge is -2.27. The molecule has 0 saturated carbocycles. The fraction of sp³-hybridized carbons (Fsp3) is 0.600. The Labute approximate surface area is 107 Å². The van der Waals surface area contributed by atoms with Crippen molar-refractivity contribution in [2.24, 2.45) is 0 Å². The number of amides is 1. The van der Waals surface area contributed by atoms with Gasteiger partial charge in [-0.3, -0.25) is 4.79 Å². The van der Waals surface area contributed by atoms with Crippen LogP contribution in [0.25, 0.3) is 0 Å². The van der Waals surface area contributed by atoms with Crippen LogP contribution < -0.4 is 5.73 Å². The number of aryl methyl sites for hydroxylation is 1.